The van der Waals surface area contributed by atoms with Crippen LogP contribution < -0.4 is 5.32 Å². The molecule has 1 aliphatic rings. The van der Waals surface area contributed by atoms with E-state index in [0.717, 1.165) is 23.8 Å². The molecule has 21 heavy (non-hydrogen) atoms. The first-order valence-corrected chi connectivity index (χ1v) is 8.06. The van der Waals surface area contributed by atoms with Crippen molar-refractivity contribution in [1.29, 1.82) is 0 Å². The molecule has 1 aromatic heterocycles. The summed E-state index contributed by atoms with van der Waals surface area (Å²) >= 11 is 6.11. The van der Waals surface area contributed by atoms with Crippen molar-refractivity contribution in [3.63, 3.8) is 0 Å². The monoisotopic (exact) mass is 303 g/mol. The van der Waals surface area contributed by atoms with Gasteiger partial charge in [-0.15, -0.1) is 0 Å². The molecule has 1 aromatic carbocycles. The number of aromatic nitrogens is 2. The fraction of sp³-hybridized carbons (Fsp3) is 0.471. The van der Waals surface area contributed by atoms with Gasteiger partial charge >= 0.3 is 0 Å². The van der Waals surface area contributed by atoms with Crippen molar-refractivity contribution in [1.82, 2.24) is 15.1 Å². The van der Waals surface area contributed by atoms with E-state index in [1.165, 1.54) is 24.1 Å². The Kier molecular flexibility index (Phi) is 4.32. The molecule has 0 bridgehead atoms. The number of nitrogens with one attached hydrogen (secondary N) is 1. The van der Waals surface area contributed by atoms with Gasteiger partial charge < -0.3 is 5.32 Å². The molecule has 1 aliphatic carbocycles. The van der Waals surface area contributed by atoms with Crippen molar-refractivity contribution >= 4 is 11.6 Å². The molecule has 1 fully saturated rings. The third-order valence-electron chi connectivity index (χ3n) is 3.77. The Morgan fingerprint density at radius 3 is 2.86 bits per heavy atom. The molecule has 0 aliphatic heterocycles. The topological polar surface area (TPSA) is 29.9 Å². The molecular weight excluding hydrogens is 282 g/mol. The number of benzene rings is 1. The summed E-state index contributed by atoms with van der Waals surface area (Å²) in [5.74, 6) is 1.32. The summed E-state index contributed by atoms with van der Waals surface area (Å²) < 4.78 is 2.07. The van der Waals surface area contributed by atoms with Crippen molar-refractivity contribution in [2.24, 2.45) is 5.92 Å². The maximum atomic E-state index is 6.11. The smallest absolute Gasteiger partial charge is 0.0663 e. The Labute approximate surface area is 131 Å². The Balaban J connectivity index is 1.86. The molecule has 0 spiro atoms. The van der Waals surface area contributed by atoms with Crippen LogP contribution in [0.25, 0.3) is 5.69 Å². The van der Waals surface area contributed by atoms with Crippen LogP contribution in [0.5, 0.6) is 0 Å². The molecule has 3 nitrogen and oxygen atoms in total. The Hall–Kier alpha value is -1.32. The molecule has 1 N–H and O–H groups in total. The molecule has 2 aromatic rings. The molecule has 0 atom stereocenters. The Morgan fingerprint density at radius 2 is 2.19 bits per heavy atom. The van der Waals surface area contributed by atoms with Crippen molar-refractivity contribution in [2.45, 2.75) is 39.2 Å². The fourth-order valence-corrected chi connectivity index (χ4v) is 2.81. The molecule has 0 unspecified atom stereocenters. The summed E-state index contributed by atoms with van der Waals surface area (Å²) in [4.78, 5) is 0. The highest BCUT2D eigenvalue weighted by Gasteiger charge is 2.30. The van der Waals surface area contributed by atoms with Crippen molar-refractivity contribution in [3.8, 4) is 5.69 Å². The minimum atomic E-state index is 0.655. The third-order valence-corrected chi connectivity index (χ3v) is 4.01. The molecule has 112 valence electrons. The van der Waals surface area contributed by atoms with Gasteiger partial charge in [0.1, 0.15) is 0 Å². The predicted octanol–water partition coefficient (Wildman–Crippen LogP) is 4.15. The molecule has 1 heterocycles. The van der Waals surface area contributed by atoms with E-state index < -0.39 is 0 Å². The average Bonchev–Trinajstić information content (AvgIpc) is 3.19. The quantitative estimate of drug-likeness (QED) is 0.869. The van der Waals surface area contributed by atoms with Gasteiger partial charge in [-0.3, -0.25) is 0 Å². The van der Waals surface area contributed by atoms with Gasteiger partial charge in [-0.1, -0.05) is 31.5 Å². The summed E-state index contributed by atoms with van der Waals surface area (Å²) in [6.07, 6.45) is 4.54. The van der Waals surface area contributed by atoms with Crippen molar-refractivity contribution in [2.75, 3.05) is 6.54 Å². The normalized spacial score (nSPS) is 14.9. The lowest BCUT2D eigenvalue weighted by Gasteiger charge is -2.11. The van der Waals surface area contributed by atoms with Crippen molar-refractivity contribution in [3.05, 3.63) is 46.7 Å². The highest BCUT2D eigenvalue weighted by atomic mass is 35.5. The second-order valence-electron chi connectivity index (χ2n) is 6.25. The first-order valence-electron chi connectivity index (χ1n) is 7.68. The molecule has 1 saturated carbocycles. The highest BCUT2D eigenvalue weighted by molar-refractivity contribution is 6.30. The number of halogens is 1. The van der Waals surface area contributed by atoms with Crippen LogP contribution in [0.3, 0.4) is 0 Å². The van der Waals surface area contributed by atoms with Crippen LogP contribution in [0.4, 0.5) is 0 Å². The number of hydrogen-bond donors (Lipinski definition) is 1. The van der Waals surface area contributed by atoms with E-state index in [2.05, 4.69) is 35.0 Å². The summed E-state index contributed by atoms with van der Waals surface area (Å²) in [6.45, 7) is 6.38. The van der Waals surface area contributed by atoms with E-state index in [-0.39, 0.29) is 0 Å². The van der Waals surface area contributed by atoms with Crippen LogP contribution in [-0.2, 0) is 6.54 Å². The highest BCUT2D eigenvalue weighted by Crippen LogP contribution is 2.42. The molecule has 0 amide bonds. The van der Waals surface area contributed by atoms with Gasteiger partial charge in [0.25, 0.3) is 0 Å². The zero-order valence-electron chi connectivity index (χ0n) is 12.6. The minimum absolute atomic E-state index is 0.655. The third kappa shape index (κ3) is 3.47. The van der Waals surface area contributed by atoms with Gasteiger partial charge in [-0.2, -0.15) is 5.10 Å². The van der Waals surface area contributed by atoms with E-state index in [1.54, 1.807) is 0 Å². The molecule has 0 saturated heterocycles. The Morgan fingerprint density at radius 1 is 1.38 bits per heavy atom. The predicted molar refractivity (Wildman–Crippen MR) is 87.1 cm³/mol. The maximum Gasteiger partial charge on any atom is 0.0663 e. The van der Waals surface area contributed by atoms with Gasteiger partial charge in [0.15, 0.2) is 0 Å². The van der Waals surface area contributed by atoms with Crippen LogP contribution >= 0.6 is 11.6 Å². The van der Waals surface area contributed by atoms with Crippen LogP contribution in [0, 0.1) is 5.92 Å². The molecule has 0 radical (unpaired) electrons. The number of nitrogens with zero attached hydrogens (tertiary/aromatic N) is 2. The fourth-order valence-electron chi connectivity index (χ4n) is 2.63. The van der Waals surface area contributed by atoms with Crippen LogP contribution in [-0.4, -0.2) is 16.3 Å². The average molecular weight is 304 g/mol. The second kappa shape index (κ2) is 6.20. The van der Waals surface area contributed by atoms with Crippen molar-refractivity contribution < 1.29 is 0 Å². The zero-order valence-corrected chi connectivity index (χ0v) is 13.4. The van der Waals surface area contributed by atoms with E-state index in [9.17, 15) is 0 Å². The SMILES string of the molecule is CC(C)CNCc1cnn(-c2cccc(Cl)c2)c1C1CC1. The minimum Gasteiger partial charge on any atom is -0.312 e. The summed E-state index contributed by atoms with van der Waals surface area (Å²) in [5, 5.41) is 8.88. The first-order chi connectivity index (χ1) is 10.1. The lowest BCUT2D eigenvalue weighted by Crippen LogP contribution is -2.19. The van der Waals surface area contributed by atoms with Crippen LogP contribution in [0.2, 0.25) is 5.02 Å². The van der Waals surface area contributed by atoms with E-state index in [4.69, 9.17) is 11.6 Å². The summed E-state index contributed by atoms with van der Waals surface area (Å²) in [7, 11) is 0. The maximum absolute atomic E-state index is 6.11. The zero-order chi connectivity index (χ0) is 14.8. The van der Waals surface area contributed by atoms with Gasteiger partial charge in [0.2, 0.25) is 0 Å². The standard InChI is InChI=1S/C17H22ClN3/c1-12(2)9-19-10-14-11-20-21(17(14)13-6-7-13)16-5-3-4-15(18)8-16/h3-5,8,11-13,19H,6-7,9-10H2,1-2H3. The van der Waals surface area contributed by atoms with Gasteiger partial charge in [0, 0.05) is 23.0 Å². The number of rotatable bonds is 6. The van der Waals surface area contributed by atoms with Crippen LogP contribution in [0.15, 0.2) is 30.5 Å². The molecule has 3 rings (SSSR count). The lowest BCUT2D eigenvalue weighted by molar-refractivity contribution is 0.550. The summed E-state index contributed by atoms with van der Waals surface area (Å²) in [6, 6.07) is 7.92. The van der Waals surface area contributed by atoms with E-state index in [0.29, 0.717) is 11.8 Å². The number of hydrogen-bond acceptors (Lipinski definition) is 2. The van der Waals surface area contributed by atoms with Gasteiger partial charge in [-0.05, 0) is 43.5 Å². The lowest BCUT2D eigenvalue weighted by atomic mass is 10.1. The summed E-state index contributed by atoms with van der Waals surface area (Å²) in [5.41, 5.74) is 3.73. The Bertz CT molecular complexity index is 614. The molecular formula is C17H22ClN3. The van der Waals surface area contributed by atoms with Crippen LogP contribution in [0.1, 0.15) is 43.9 Å². The van der Waals surface area contributed by atoms with Gasteiger partial charge in [-0.25, -0.2) is 4.68 Å². The second-order valence-corrected chi connectivity index (χ2v) is 6.68. The van der Waals surface area contributed by atoms with Gasteiger partial charge in [0.05, 0.1) is 17.6 Å². The first kappa shape index (κ1) is 14.6. The largest absolute Gasteiger partial charge is 0.312 e. The van der Waals surface area contributed by atoms with E-state index in [1.807, 2.05) is 24.4 Å². The molecule has 4 heteroatoms. The van der Waals surface area contributed by atoms with E-state index >= 15 is 0 Å².